The minimum absolute atomic E-state index is 0.0714. The number of carbonyl (C=O) groups is 1. The van der Waals surface area contributed by atoms with Crippen LogP contribution in [0, 0.1) is 12.8 Å². The first-order valence-electron chi connectivity index (χ1n) is 10.3. The third kappa shape index (κ3) is 4.24. The summed E-state index contributed by atoms with van der Waals surface area (Å²) in [5, 5.41) is 8.34. The normalized spacial score (nSPS) is 19.1. The van der Waals surface area contributed by atoms with Gasteiger partial charge in [0, 0.05) is 29.8 Å². The highest BCUT2D eigenvalue weighted by Gasteiger charge is 2.25. The maximum atomic E-state index is 12.9. The number of nitrogens with zero attached hydrogens (tertiary/aromatic N) is 3. The average molecular weight is 389 g/mol. The minimum Gasteiger partial charge on any atom is -0.416 e. The van der Waals surface area contributed by atoms with E-state index in [1.54, 1.807) is 0 Å². The van der Waals surface area contributed by atoms with Crippen LogP contribution in [0.3, 0.4) is 0 Å². The smallest absolute Gasteiger partial charge is 0.253 e. The van der Waals surface area contributed by atoms with Gasteiger partial charge in [-0.25, -0.2) is 0 Å². The number of rotatable bonds is 4. The Bertz CT molecular complexity index is 985. The molecule has 1 aliphatic rings. The Labute approximate surface area is 171 Å². The molecular weight excluding hydrogens is 362 g/mol. The molecule has 0 unspecified atom stereocenters. The predicted octanol–water partition coefficient (Wildman–Crippen LogP) is 5.36. The Balaban J connectivity index is 1.47. The van der Waals surface area contributed by atoms with Crippen molar-refractivity contribution < 1.29 is 9.21 Å². The van der Waals surface area contributed by atoms with Crippen LogP contribution in [0.4, 0.5) is 0 Å². The van der Waals surface area contributed by atoms with Gasteiger partial charge in [0.1, 0.15) is 0 Å². The lowest BCUT2D eigenvalue weighted by Gasteiger charge is -2.33. The molecule has 2 aromatic carbocycles. The van der Waals surface area contributed by atoms with Crippen molar-refractivity contribution in [3.8, 4) is 22.9 Å². The van der Waals surface area contributed by atoms with E-state index in [1.165, 1.54) is 12.8 Å². The zero-order valence-corrected chi connectivity index (χ0v) is 17.3. The summed E-state index contributed by atoms with van der Waals surface area (Å²) in [7, 11) is 1.92. The van der Waals surface area contributed by atoms with Gasteiger partial charge in [0.15, 0.2) is 0 Å². The lowest BCUT2D eigenvalue weighted by atomic mass is 9.86. The molecule has 1 saturated carbocycles. The molecule has 0 atom stereocenters. The molecule has 0 bridgehead atoms. The lowest BCUT2D eigenvalue weighted by Crippen LogP contribution is -2.39. The number of aromatic nitrogens is 2. The Morgan fingerprint density at radius 2 is 1.62 bits per heavy atom. The van der Waals surface area contributed by atoms with Crippen molar-refractivity contribution in [2.24, 2.45) is 5.92 Å². The van der Waals surface area contributed by atoms with Gasteiger partial charge in [0.05, 0.1) is 0 Å². The SMILES string of the molecule is Cc1cccc(-c2nnc(-c3ccc(C(=O)N(C)C4CCC(C)CC4)cc3)o2)c1. The molecule has 29 heavy (non-hydrogen) atoms. The summed E-state index contributed by atoms with van der Waals surface area (Å²) in [6, 6.07) is 15.7. The molecule has 0 spiro atoms. The monoisotopic (exact) mass is 389 g/mol. The van der Waals surface area contributed by atoms with Crippen LogP contribution >= 0.6 is 0 Å². The van der Waals surface area contributed by atoms with E-state index in [0.717, 1.165) is 35.4 Å². The van der Waals surface area contributed by atoms with Crippen molar-refractivity contribution in [3.63, 3.8) is 0 Å². The van der Waals surface area contributed by atoms with E-state index >= 15 is 0 Å². The highest BCUT2D eigenvalue weighted by atomic mass is 16.4. The molecule has 1 aliphatic carbocycles. The topological polar surface area (TPSA) is 59.2 Å². The summed E-state index contributed by atoms with van der Waals surface area (Å²) in [6.45, 7) is 4.32. The zero-order chi connectivity index (χ0) is 20.4. The molecule has 1 heterocycles. The van der Waals surface area contributed by atoms with Crippen LogP contribution in [0.25, 0.3) is 22.9 Å². The molecule has 0 radical (unpaired) electrons. The molecule has 1 amide bonds. The molecule has 1 fully saturated rings. The van der Waals surface area contributed by atoms with Crippen molar-refractivity contribution in [2.75, 3.05) is 7.05 Å². The van der Waals surface area contributed by atoms with Crippen LogP contribution in [0.2, 0.25) is 0 Å². The summed E-state index contributed by atoms with van der Waals surface area (Å²) in [6.07, 6.45) is 4.57. The molecule has 0 saturated heterocycles. The second kappa shape index (κ2) is 8.19. The predicted molar refractivity (Wildman–Crippen MR) is 113 cm³/mol. The molecule has 0 aliphatic heterocycles. The van der Waals surface area contributed by atoms with E-state index in [1.807, 2.05) is 67.4 Å². The van der Waals surface area contributed by atoms with Crippen molar-refractivity contribution in [1.82, 2.24) is 15.1 Å². The van der Waals surface area contributed by atoms with Crippen LogP contribution in [0.15, 0.2) is 52.9 Å². The van der Waals surface area contributed by atoms with Crippen LogP contribution in [-0.2, 0) is 0 Å². The molecule has 4 rings (SSSR count). The molecule has 5 heteroatoms. The van der Waals surface area contributed by atoms with Crippen LogP contribution in [0.1, 0.15) is 48.5 Å². The third-order valence-corrected chi connectivity index (χ3v) is 5.92. The first kappa shape index (κ1) is 19.4. The number of aryl methyl sites for hydroxylation is 1. The highest BCUT2D eigenvalue weighted by molar-refractivity contribution is 5.94. The quantitative estimate of drug-likeness (QED) is 0.602. The maximum absolute atomic E-state index is 12.9. The minimum atomic E-state index is 0.0714. The van der Waals surface area contributed by atoms with Crippen LogP contribution in [-0.4, -0.2) is 34.1 Å². The van der Waals surface area contributed by atoms with Gasteiger partial charge in [-0.1, -0.05) is 24.6 Å². The molecule has 150 valence electrons. The summed E-state index contributed by atoms with van der Waals surface area (Å²) in [5.74, 6) is 1.79. The van der Waals surface area contributed by atoms with Gasteiger partial charge in [-0.15, -0.1) is 10.2 Å². The fourth-order valence-corrected chi connectivity index (χ4v) is 3.99. The molecular formula is C24H27N3O2. The third-order valence-electron chi connectivity index (χ3n) is 5.92. The van der Waals surface area contributed by atoms with Gasteiger partial charge < -0.3 is 9.32 Å². The Hall–Kier alpha value is -2.95. The highest BCUT2D eigenvalue weighted by Crippen LogP contribution is 2.28. The Morgan fingerprint density at radius 3 is 2.28 bits per heavy atom. The number of amides is 1. The van der Waals surface area contributed by atoms with E-state index < -0.39 is 0 Å². The van der Waals surface area contributed by atoms with E-state index in [2.05, 4.69) is 17.1 Å². The van der Waals surface area contributed by atoms with E-state index in [4.69, 9.17) is 4.42 Å². The van der Waals surface area contributed by atoms with Gasteiger partial charge in [0.25, 0.3) is 5.91 Å². The van der Waals surface area contributed by atoms with Gasteiger partial charge >= 0.3 is 0 Å². The summed E-state index contributed by atoms with van der Waals surface area (Å²) in [5.41, 5.74) is 3.54. The van der Waals surface area contributed by atoms with Gasteiger partial charge in [0.2, 0.25) is 11.8 Å². The Morgan fingerprint density at radius 1 is 0.966 bits per heavy atom. The Kier molecular flexibility index (Phi) is 5.47. The van der Waals surface area contributed by atoms with E-state index in [-0.39, 0.29) is 5.91 Å². The number of carbonyl (C=O) groups excluding carboxylic acids is 1. The van der Waals surface area contributed by atoms with Crippen LogP contribution < -0.4 is 0 Å². The van der Waals surface area contributed by atoms with Gasteiger partial charge in [-0.3, -0.25) is 4.79 Å². The van der Waals surface area contributed by atoms with Crippen molar-refractivity contribution in [3.05, 3.63) is 59.7 Å². The zero-order valence-electron chi connectivity index (χ0n) is 17.3. The fourth-order valence-electron chi connectivity index (χ4n) is 3.99. The molecule has 5 nitrogen and oxygen atoms in total. The summed E-state index contributed by atoms with van der Waals surface area (Å²) >= 11 is 0. The summed E-state index contributed by atoms with van der Waals surface area (Å²) in [4.78, 5) is 14.8. The van der Waals surface area contributed by atoms with Gasteiger partial charge in [-0.05, 0) is 74.9 Å². The number of hydrogen-bond donors (Lipinski definition) is 0. The van der Waals surface area contributed by atoms with Crippen LogP contribution in [0.5, 0.6) is 0 Å². The van der Waals surface area contributed by atoms with E-state index in [9.17, 15) is 4.79 Å². The number of benzene rings is 2. The fraction of sp³-hybridized carbons (Fsp3) is 0.375. The first-order chi connectivity index (χ1) is 14.0. The molecule has 1 aromatic heterocycles. The van der Waals surface area contributed by atoms with Crippen molar-refractivity contribution >= 4 is 5.91 Å². The van der Waals surface area contributed by atoms with E-state index in [0.29, 0.717) is 23.4 Å². The lowest BCUT2D eigenvalue weighted by molar-refractivity contribution is 0.0679. The second-order valence-electron chi connectivity index (χ2n) is 8.19. The standard InChI is InChI=1S/C24H27N3O2/c1-16-7-13-21(14-8-16)27(3)24(28)19-11-9-18(10-12-19)22-25-26-23(29-22)20-6-4-5-17(2)15-20/h4-6,9-12,15-16,21H,7-8,13-14H2,1-3H3. The van der Waals surface area contributed by atoms with Crippen molar-refractivity contribution in [1.29, 1.82) is 0 Å². The first-order valence-corrected chi connectivity index (χ1v) is 10.3. The molecule has 3 aromatic rings. The average Bonchev–Trinajstić information content (AvgIpc) is 3.24. The molecule has 0 N–H and O–H groups in total. The number of hydrogen-bond acceptors (Lipinski definition) is 4. The second-order valence-corrected chi connectivity index (χ2v) is 8.19. The maximum Gasteiger partial charge on any atom is 0.253 e. The van der Waals surface area contributed by atoms with Crippen molar-refractivity contribution in [2.45, 2.75) is 45.6 Å². The van der Waals surface area contributed by atoms with Gasteiger partial charge in [-0.2, -0.15) is 0 Å². The summed E-state index contributed by atoms with van der Waals surface area (Å²) < 4.78 is 5.85. The largest absolute Gasteiger partial charge is 0.416 e.